The highest BCUT2D eigenvalue weighted by atomic mass is 35.5. The Balaban J connectivity index is 2.19. The maximum atomic E-state index is 11.7. The molecular formula is C13H10ClN5O3. The number of nitro groups is 1. The third-order valence-electron chi connectivity index (χ3n) is 3.50. The van der Waals surface area contributed by atoms with Crippen LogP contribution in [0, 0.1) is 10.1 Å². The van der Waals surface area contributed by atoms with Gasteiger partial charge in [0.25, 0.3) is 0 Å². The van der Waals surface area contributed by atoms with Gasteiger partial charge in [0.15, 0.2) is 6.10 Å². The van der Waals surface area contributed by atoms with Crippen LogP contribution in [0.25, 0.3) is 5.57 Å². The average Bonchev–Trinajstić information content (AvgIpc) is 3.04. The minimum Gasteiger partial charge on any atom is -0.380 e. The maximum absolute atomic E-state index is 11.7. The number of halogens is 1. The quantitative estimate of drug-likeness (QED) is 0.649. The standard InChI is InChI=1S/C13H10ClN5O3/c14-9-6-10(8-4-2-1-3-5-8)11(20)13(7-9,19(21)22)12-15-17-18-16-12/h1-7,11,20H,(H,15,16,17,18). The lowest BCUT2D eigenvalue weighted by atomic mass is 9.80. The fraction of sp³-hybridized carbons (Fsp3) is 0.154. The predicted molar refractivity (Wildman–Crippen MR) is 77.2 cm³/mol. The fourth-order valence-corrected chi connectivity index (χ4v) is 2.72. The predicted octanol–water partition coefficient (Wildman–Crippen LogP) is 1.25. The Morgan fingerprint density at radius 1 is 1.36 bits per heavy atom. The summed E-state index contributed by atoms with van der Waals surface area (Å²) in [4.78, 5) is 11.1. The van der Waals surface area contributed by atoms with E-state index in [0.29, 0.717) is 11.1 Å². The topological polar surface area (TPSA) is 118 Å². The van der Waals surface area contributed by atoms with Crippen LogP contribution in [0.1, 0.15) is 11.4 Å². The molecular weight excluding hydrogens is 310 g/mol. The molecule has 0 aliphatic heterocycles. The van der Waals surface area contributed by atoms with Crippen LogP contribution in [0.3, 0.4) is 0 Å². The molecule has 0 saturated heterocycles. The molecule has 8 nitrogen and oxygen atoms in total. The van der Waals surface area contributed by atoms with Gasteiger partial charge in [-0.15, -0.1) is 5.10 Å². The minimum atomic E-state index is -2.07. The summed E-state index contributed by atoms with van der Waals surface area (Å²) in [5, 5.41) is 35.1. The Kier molecular flexibility index (Phi) is 3.47. The van der Waals surface area contributed by atoms with Gasteiger partial charge in [-0.25, -0.2) is 5.10 Å². The first kappa shape index (κ1) is 14.4. The first-order valence-electron chi connectivity index (χ1n) is 6.28. The van der Waals surface area contributed by atoms with Gasteiger partial charge in [0.1, 0.15) is 0 Å². The van der Waals surface area contributed by atoms with Crippen molar-refractivity contribution < 1.29 is 10.0 Å². The number of allylic oxidation sites excluding steroid dienone is 2. The summed E-state index contributed by atoms with van der Waals surface area (Å²) in [6.45, 7) is 0. The number of aromatic amines is 1. The minimum absolute atomic E-state index is 0.122. The highest BCUT2D eigenvalue weighted by Crippen LogP contribution is 2.41. The monoisotopic (exact) mass is 319 g/mol. The van der Waals surface area contributed by atoms with E-state index in [9.17, 15) is 15.2 Å². The molecule has 2 unspecified atom stereocenters. The van der Waals surface area contributed by atoms with Gasteiger partial charge in [0.2, 0.25) is 5.82 Å². The molecule has 0 fully saturated rings. The molecule has 2 N–H and O–H groups in total. The number of nitrogens with zero attached hydrogens (tertiary/aromatic N) is 4. The molecule has 1 heterocycles. The number of nitrogens with one attached hydrogen (secondary N) is 1. The molecule has 1 aliphatic rings. The van der Waals surface area contributed by atoms with E-state index in [2.05, 4.69) is 20.6 Å². The number of tetrazole rings is 1. The third-order valence-corrected chi connectivity index (χ3v) is 3.71. The molecule has 112 valence electrons. The summed E-state index contributed by atoms with van der Waals surface area (Å²) < 4.78 is 0. The van der Waals surface area contributed by atoms with Crippen molar-refractivity contribution in [3.05, 3.63) is 69.0 Å². The van der Waals surface area contributed by atoms with Gasteiger partial charge in [-0.2, -0.15) is 0 Å². The number of aliphatic hydroxyl groups is 1. The smallest absolute Gasteiger partial charge is 0.331 e. The number of aliphatic hydroxyl groups excluding tert-OH is 1. The number of aromatic nitrogens is 4. The third kappa shape index (κ3) is 2.09. The second-order valence-corrected chi connectivity index (χ2v) is 5.17. The lowest BCUT2D eigenvalue weighted by molar-refractivity contribution is -0.575. The molecule has 22 heavy (non-hydrogen) atoms. The van der Waals surface area contributed by atoms with Gasteiger partial charge >= 0.3 is 5.54 Å². The van der Waals surface area contributed by atoms with Gasteiger partial charge < -0.3 is 5.11 Å². The highest BCUT2D eigenvalue weighted by molar-refractivity contribution is 6.32. The van der Waals surface area contributed by atoms with E-state index in [-0.39, 0.29) is 10.9 Å². The van der Waals surface area contributed by atoms with Crippen molar-refractivity contribution in [2.45, 2.75) is 11.6 Å². The molecule has 9 heteroatoms. The van der Waals surface area contributed by atoms with Crippen LogP contribution < -0.4 is 0 Å². The average molecular weight is 320 g/mol. The van der Waals surface area contributed by atoms with Crippen LogP contribution in [0.4, 0.5) is 0 Å². The molecule has 0 amide bonds. The van der Waals surface area contributed by atoms with Crippen LogP contribution >= 0.6 is 11.6 Å². The second kappa shape index (κ2) is 5.32. The zero-order valence-corrected chi connectivity index (χ0v) is 11.8. The Hall–Kier alpha value is -2.58. The van der Waals surface area contributed by atoms with Gasteiger partial charge in [-0.05, 0) is 27.6 Å². The van der Waals surface area contributed by atoms with E-state index >= 15 is 0 Å². The summed E-state index contributed by atoms with van der Waals surface area (Å²) in [5.74, 6) is -0.190. The molecule has 0 saturated carbocycles. The van der Waals surface area contributed by atoms with Gasteiger partial charge in [-0.1, -0.05) is 41.9 Å². The van der Waals surface area contributed by atoms with Gasteiger partial charge in [0, 0.05) is 16.0 Å². The lowest BCUT2D eigenvalue weighted by Gasteiger charge is -2.29. The van der Waals surface area contributed by atoms with Crippen LogP contribution in [-0.4, -0.2) is 36.8 Å². The van der Waals surface area contributed by atoms with Crippen LogP contribution in [0.15, 0.2) is 47.5 Å². The van der Waals surface area contributed by atoms with Crippen molar-refractivity contribution in [1.29, 1.82) is 0 Å². The zero-order valence-electron chi connectivity index (χ0n) is 11.0. The summed E-state index contributed by atoms with van der Waals surface area (Å²) in [7, 11) is 0. The summed E-state index contributed by atoms with van der Waals surface area (Å²) in [6, 6.07) is 8.79. The first-order chi connectivity index (χ1) is 10.6. The number of hydrogen-bond acceptors (Lipinski definition) is 6. The Bertz CT molecular complexity index is 759. The van der Waals surface area contributed by atoms with E-state index in [0.717, 1.165) is 6.08 Å². The van der Waals surface area contributed by atoms with E-state index in [4.69, 9.17) is 11.6 Å². The Morgan fingerprint density at radius 3 is 2.68 bits per heavy atom. The number of hydrogen-bond donors (Lipinski definition) is 2. The number of benzene rings is 1. The van der Waals surface area contributed by atoms with E-state index in [1.807, 2.05) is 0 Å². The van der Waals surface area contributed by atoms with E-state index in [1.165, 1.54) is 6.08 Å². The van der Waals surface area contributed by atoms with Crippen LogP contribution in [0.5, 0.6) is 0 Å². The second-order valence-electron chi connectivity index (χ2n) is 4.73. The summed E-state index contributed by atoms with van der Waals surface area (Å²) in [5.41, 5.74) is -1.12. The molecule has 2 aromatic rings. The van der Waals surface area contributed by atoms with Crippen molar-refractivity contribution in [2.75, 3.05) is 0 Å². The fourth-order valence-electron chi connectivity index (χ4n) is 2.43. The molecule has 3 rings (SSSR count). The number of H-pyrrole nitrogens is 1. The molecule has 1 aromatic carbocycles. The number of rotatable bonds is 3. The van der Waals surface area contributed by atoms with Crippen LogP contribution in [-0.2, 0) is 5.54 Å². The Labute approximate surface area is 129 Å². The normalized spacial score (nSPS) is 24.5. The summed E-state index contributed by atoms with van der Waals surface area (Å²) in [6.07, 6.45) is 1.13. The molecule has 0 bridgehead atoms. The largest absolute Gasteiger partial charge is 0.380 e. The van der Waals surface area contributed by atoms with Crippen molar-refractivity contribution in [3.8, 4) is 0 Å². The molecule has 2 atom stereocenters. The van der Waals surface area contributed by atoms with Crippen molar-refractivity contribution in [1.82, 2.24) is 20.6 Å². The molecule has 1 aliphatic carbocycles. The van der Waals surface area contributed by atoms with Gasteiger partial charge in [0.05, 0.1) is 0 Å². The van der Waals surface area contributed by atoms with Crippen molar-refractivity contribution in [2.24, 2.45) is 0 Å². The highest BCUT2D eigenvalue weighted by Gasteiger charge is 2.56. The maximum Gasteiger partial charge on any atom is 0.331 e. The van der Waals surface area contributed by atoms with Crippen molar-refractivity contribution >= 4 is 17.2 Å². The van der Waals surface area contributed by atoms with Gasteiger partial charge in [-0.3, -0.25) is 10.1 Å². The summed E-state index contributed by atoms with van der Waals surface area (Å²) >= 11 is 6.06. The van der Waals surface area contributed by atoms with E-state index < -0.39 is 16.6 Å². The SMILES string of the molecule is O=[N+]([O-])C1(c2nnn[nH]2)C=C(Cl)C=C(c2ccccc2)C1O. The lowest BCUT2D eigenvalue weighted by Crippen LogP contribution is -2.48. The molecule has 0 spiro atoms. The molecule has 1 aromatic heterocycles. The first-order valence-corrected chi connectivity index (χ1v) is 6.65. The van der Waals surface area contributed by atoms with Crippen LogP contribution in [0.2, 0.25) is 0 Å². The zero-order chi connectivity index (χ0) is 15.7. The Morgan fingerprint density at radius 2 is 2.09 bits per heavy atom. The molecule has 0 radical (unpaired) electrons. The van der Waals surface area contributed by atoms with E-state index in [1.54, 1.807) is 30.3 Å². The van der Waals surface area contributed by atoms with Crippen molar-refractivity contribution in [3.63, 3.8) is 0 Å².